The van der Waals surface area contributed by atoms with Crippen LogP contribution in [0.2, 0.25) is 0 Å². The van der Waals surface area contributed by atoms with Crippen LogP contribution in [-0.4, -0.2) is 35.5 Å². The minimum absolute atomic E-state index is 0.252. The van der Waals surface area contributed by atoms with Crippen molar-refractivity contribution in [2.24, 2.45) is 0 Å². The van der Waals surface area contributed by atoms with Gasteiger partial charge in [-0.2, -0.15) is 57.1 Å². The van der Waals surface area contributed by atoms with Gasteiger partial charge < -0.3 is 9.84 Å². The molecule has 0 spiro atoms. The van der Waals surface area contributed by atoms with Crippen molar-refractivity contribution in [1.82, 2.24) is 0 Å². The molecule has 0 unspecified atom stereocenters. The molecule has 0 atom stereocenters. The molecule has 0 fully saturated rings. The van der Waals surface area contributed by atoms with Gasteiger partial charge in [-0.1, -0.05) is 0 Å². The largest absolute Gasteiger partial charge is 0.508 e. The van der Waals surface area contributed by atoms with Gasteiger partial charge in [0.25, 0.3) is 0 Å². The monoisotopic (exact) mass is 440 g/mol. The number of ether oxygens (including phenoxy) is 1. The SMILES string of the molecule is Oc1ccc(OC(=C(C(F)(F)F)C(F)(F)F)C(F)(F)C(F)(F)C(F)(F)F)cc1. The van der Waals surface area contributed by atoms with E-state index < -0.39 is 53.2 Å². The Bertz CT molecular complexity index is 707. The van der Waals surface area contributed by atoms with E-state index in [0.717, 1.165) is 0 Å². The number of rotatable bonds is 4. The van der Waals surface area contributed by atoms with Crippen molar-refractivity contribution in [3.8, 4) is 11.5 Å². The molecule has 0 saturated carbocycles. The fourth-order valence-corrected chi connectivity index (χ4v) is 1.64. The predicted molar refractivity (Wildman–Crippen MR) is 63.8 cm³/mol. The summed E-state index contributed by atoms with van der Waals surface area (Å²) in [7, 11) is 0. The Morgan fingerprint density at radius 1 is 0.679 bits per heavy atom. The highest BCUT2D eigenvalue weighted by Gasteiger charge is 2.77. The molecular weight excluding hydrogens is 435 g/mol. The van der Waals surface area contributed by atoms with Gasteiger partial charge in [0.15, 0.2) is 11.3 Å². The molecule has 1 rings (SSSR count). The minimum atomic E-state index is -7.37. The zero-order valence-corrected chi connectivity index (χ0v) is 12.6. The number of aromatic hydroxyl groups is 1. The van der Waals surface area contributed by atoms with E-state index >= 15 is 0 Å². The number of hydrogen-bond donors (Lipinski definition) is 1. The number of halogens is 13. The molecule has 0 bridgehead atoms. The molecule has 28 heavy (non-hydrogen) atoms. The highest BCUT2D eigenvalue weighted by molar-refractivity contribution is 5.35. The third-order valence-electron chi connectivity index (χ3n) is 2.89. The van der Waals surface area contributed by atoms with E-state index in [9.17, 15) is 57.1 Å². The maximum Gasteiger partial charge on any atom is 0.460 e. The minimum Gasteiger partial charge on any atom is -0.508 e. The van der Waals surface area contributed by atoms with Crippen molar-refractivity contribution in [2.75, 3.05) is 0 Å². The van der Waals surface area contributed by atoms with Gasteiger partial charge in [0.1, 0.15) is 11.5 Å². The molecule has 2 nitrogen and oxygen atoms in total. The highest BCUT2D eigenvalue weighted by atomic mass is 19.4. The van der Waals surface area contributed by atoms with Gasteiger partial charge in [-0.05, 0) is 24.3 Å². The third-order valence-corrected chi connectivity index (χ3v) is 2.89. The summed E-state index contributed by atoms with van der Waals surface area (Å²) in [4.78, 5) is 0. The van der Waals surface area contributed by atoms with Crippen molar-refractivity contribution in [1.29, 1.82) is 0 Å². The summed E-state index contributed by atoms with van der Waals surface area (Å²) < 4.78 is 170. The first-order valence-electron chi connectivity index (χ1n) is 6.41. The zero-order valence-electron chi connectivity index (χ0n) is 12.6. The van der Waals surface area contributed by atoms with Crippen LogP contribution in [-0.2, 0) is 0 Å². The number of allylic oxidation sites excluding steroid dienone is 2. The number of phenols is 1. The van der Waals surface area contributed by atoms with Gasteiger partial charge in [0, 0.05) is 0 Å². The van der Waals surface area contributed by atoms with E-state index in [0.29, 0.717) is 12.1 Å². The quantitative estimate of drug-likeness (QED) is 0.461. The Kier molecular flexibility index (Phi) is 5.85. The van der Waals surface area contributed by atoms with E-state index in [1.807, 2.05) is 0 Å². The zero-order chi connectivity index (χ0) is 22.3. The standard InChI is InChI=1S/C13H5F13O2/c14-9(15,12(22,23)13(24,25)26)8(7(10(16,17)18)11(19,20)21)28-6-3-1-5(27)2-4-6/h1-4,27H. The summed E-state index contributed by atoms with van der Waals surface area (Å²) in [6.45, 7) is 0. The molecule has 160 valence electrons. The van der Waals surface area contributed by atoms with E-state index in [1.54, 1.807) is 0 Å². The van der Waals surface area contributed by atoms with Crippen molar-refractivity contribution in [3.63, 3.8) is 0 Å². The number of hydrogen-bond acceptors (Lipinski definition) is 2. The van der Waals surface area contributed by atoms with Crippen molar-refractivity contribution in [2.45, 2.75) is 30.4 Å². The van der Waals surface area contributed by atoms with Gasteiger partial charge in [0.2, 0.25) is 0 Å². The Hall–Kier alpha value is -2.35. The van der Waals surface area contributed by atoms with Gasteiger partial charge in [-0.3, -0.25) is 0 Å². The molecule has 1 aromatic carbocycles. The Balaban J connectivity index is 3.87. The lowest BCUT2D eigenvalue weighted by Crippen LogP contribution is -2.55. The second kappa shape index (κ2) is 6.92. The summed E-state index contributed by atoms with van der Waals surface area (Å²) in [6, 6.07) is 1.44. The van der Waals surface area contributed by atoms with Crippen LogP contribution in [0.3, 0.4) is 0 Å². The smallest absolute Gasteiger partial charge is 0.460 e. The second-order valence-corrected chi connectivity index (χ2v) is 4.94. The van der Waals surface area contributed by atoms with Crippen molar-refractivity contribution < 1.29 is 66.9 Å². The van der Waals surface area contributed by atoms with Gasteiger partial charge in [-0.25, -0.2) is 0 Å². The molecule has 0 aliphatic heterocycles. The van der Waals surface area contributed by atoms with Gasteiger partial charge >= 0.3 is 30.4 Å². The number of alkyl halides is 13. The number of benzene rings is 1. The van der Waals surface area contributed by atoms with Crippen LogP contribution in [0.4, 0.5) is 57.1 Å². The molecule has 0 radical (unpaired) electrons. The van der Waals surface area contributed by atoms with E-state index in [1.165, 1.54) is 0 Å². The molecule has 0 heterocycles. The Labute approximate surface area is 145 Å². The maximum atomic E-state index is 13.7. The maximum absolute atomic E-state index is 13.7. The Morgan fingerprint density at radius 2 is 1.07 bits per heavy atom. The van der Waals surface area contributed by atoms with Gasteiger partial charge in [-0.15, -0.1) is 0 Å². The molecule has 0 aromatic heterocycles. The summed E-state index contributed by atoms with van der Waals surface area (Å²) >= 11 is 0. The molecule has 0 aliphatic carbocycles. The average Bonchev–Trinajstić information content (AvgIpc) is 2.44. The predicted octanol–water partition coefficient (Wildman–Crippen LogP) is 5.98. The molecular formula is C13H5F13O2. The first-order valence-corrected chi connectivity index (χ1v) is 6.41. The van der Waals surface area contributed by atoms with Crippen LogP contribution < -0.4 is 4.74 Å². The summed E-state index contributed by atoms with van der Waals surface area (Å²) in [5.41, 5.74) is -4.40. The lowest BCUT2D eigenvalue weighted by molar-refractivity contribution is -0.350. The van der Waals surface area contributed by atoms with Crippen LogP contribution in [0, 0.1) is 0 Å². The molecule has 1 aromatic rings. The van der Waals surface area contributed by atoms with Crippen LogP contribution in [0.25, 0.3) is 0 Å². The molecule has 0 saturated heterocycles. The topological polar surface area (TPSA) is 29.5 Å². The van der Waals surface area contributed by atoms with E-state index in [-0.39, 0.29) is 12.1 Å². The van der Waals surface area contributed by atoms with Gasteiger partial charge in [0.05, 0.1) is 0 Å². The van der Waals surface area contributed by atoms with Crippen LogP contribution >= 0.6 is 0 Å². The first kappa shape index (κ1) is 23.7. The Morgan fingerprint density at radius 3 is 1.39 bits per heavy atom. The van der Waals surface area contributed by atoms with E-state index in [4.69, 9.17) is 5.11 Å². The molecule has 1 N–H and O–H groups in total. The average molecular weight is 440 g/mol. The molecule has 0 aliphatic rings. The second-order valence-electron chi connectivity index (χ2n) is 4.94. The first-order chi connectivity index (χ1) is 12.2. The lowest BCUT2D eigenvalue weighted by Gasteiger charge is -2.31. The summed E-state index contributed by atoms with van der Waals surface area (Å²) in [5.74, 6) is -20.6. The molecule has 15 heteroatoms. The highest BCUT2D eigenvalue weighted by Crippen LogP contribution is 2.54. The normalized spacial score (nSPS) is 14.0. The molecule has 0 amide bonds. The van der Waals surface area contributed by atoms with Crippen LogP contribution in [0.5, 0.6) is 11.5 Å². The summed E-state index contributed by atoms with van der Waals surface area (Å²) in [6.07, 6.45) is -20.9. The number of phenolic OH excluding ortho intramolecular Hbond substituents is 1. The van der Waals surface area contributed by atoms with Crippen molar-refractivity contribution in [3.05, 3.63) is 35.6 Å². The van der Waals surface area contributed by atoms with Crippen molar-refractivity contribution >= 4 is 0 Å². The lowest BCUT2D eigenvalue weighted by atomic mass is 10.0. The van der Waals surface area contributed by atoms with E-state index in [2.05, 4.69) is 4.74 Å². The van der Waals surface area contributed by atoms with Crippen LogP contribution in [0.15, 0.2) is 35.6 Å². The fourth-order valence-electron chi connectivity index (χ4n) is 1.64. The third kappa shape index (κ3) is 4.55. The summed E-state index contributed by atoms with van der Waals surface area (Å²) in [5, 5.41) is 8.91. The van der Waals surface area contributed by atoms with Crippen LogP contribution in [0.1, 0.15) is 0 Å². The fraction of sp³-hybridized carbons (Fsp3) is 0.385.